The van der Waals surface area contributed by atoms with Crippen molar-refractivity contribution in [1.29, 1.82) is 0 Å². The summed E-state index contributed by atoms with van der Waals surface area (Å²) in [6.45, 7) is 5.17. The third-order valence-electron chi connectivity index (χ3n) is 2.53. The van der Waals surface area contributed by atoms with Crippen LogP contribution in [0, 0.1) is 0 Å². The zero-order chi connectivity index (χ0) is 14.3. The third kappa shape index (κ3) is 5.61. The fourth-order valence-electron chi connectivity index (χ4n) is 1.56. The Kier molecular flexibility index (Phi) is 6.15. The van der Waals surface area contributed by atoms with E-state index >= 15 is 0 Å². The molecule has 0 heterocycles. The molecule has 0 unspecified atom stereocenters. The summed E-state index contributed by atoms with van der Waals surface area (Å²) in [5, 5.41) is 21.4. The maximum absolute atomic E-state index is 11.7. The Balaban J connectivity index is 2.28. The normalized spacial score (nSPS) is 10.7. The molecule has 1 rings (SSSR count). The van der Waals surface area contributed by atoms with E-state index in [1.165, 1.54) is 12.1 Å². The summed E-state index contributed by atoms with van der Waals surface area (Å²) >= 11 is 0. The third-order valence-corrected chi connectivity index (χ3v) is 2.53. The summed E-state index contributed by atoms with van der Waals surface area (Å²) < 4.78 is 5.39. The van der Waals surface area contributed by atoms with E-state index < -0.39 is 0 Å². The van der Waals surface area contributed by atoms with E-state index in [1.54, 1.807) is 0 Å². The van der Waals surface area contributed by atoms with E-state index in [-0.39, 0.29) is 29.1 Å². The van der Waals surface area contributed by atoms with Gasteiger partial charge in [0, 0.05) is 19.2 Å². The summed E-state index contributed by atoms with van der Waals surface area (Å²) in [6.07, 6.45) is 1.92. The average Bonchev–Trinajstić information content (AvgIpc) is 2.32. The van der Waals surface area contributed by atoms with Crippen LogP contribution in [-0.2, 0) is 4.74 Å². The molecule has 0 aliphatic heterocycles. The van der Waals surface area contributed by atoms with Gasteiger partial charge in [-0.1, -0.05) is 0 Å². The molecule has 0 aromatic heterocycles. The molecule has 106 valence electrons. The van der Waals surface area contributed by atoms with E-state index in [2.05, 4.69) is 5.32 Å². The Morgan fingerprint density at radius 3 is 2.68 bits per heavy atom. The van der Waals surface area contributed by atoms with Gasteiger partial charge in [-0.2, -0.15) is 0 Å². The van der Waals surface area contributed by atoms with Crippen LogP contribution in [0.3, 0.4) is 0 Å². The van der Waals surface area contributed by atoms with Crippen LogP contribution in [0.25, 0.3) is 0 Å². The number of aromatic hydroxyl groups is 2. The predicted octanol–water partition coefficient (Wildman–Crippen LogP) is 2.03. The lowest BCUT2D eigenvalue weighted by atomic mass is 10.1. The van der Waals surface area contributed by atoms with Gasteiger partial charge in [0.25, 0.3) is 5.91 Å². The Morgan fingerprint density at radius 1 is 1.32 bits per heavy atom. The largest absolute Gasteiger partial charge is 0.508 e. The minimum atomic E-state index is -0.345. The number of amides is 1. The smallest absolute Gasteiger partial charge is 0.255 e. The second kappa shape index (κ2) is 7.63. The van der Waals surface area contributed by atoms with Crippen molar-refractivity contribution in [2.75, 3.05) is 13.2 Å². The number of unbranched alkanes of at least 4 members (excludes halogenated alkanes) is 1. The molecule has 0 fully saturated rings. The standard InChI is InChI=1S/C14H21NO4/c1-10(2)19-8-4-3-7-15-14(18)12-6-5-11(16)9-13(12)17/h5-6,9-10,16-17H,3-4,7-8H2,1-2H3,(H,15,18). The van der Waals surface area contributed by atoms with Crippen molar-refractivity contribution in [3.05, 3.63) is 23.8 Å². The van der Waals surface area contributed by atoms with Crippen LogP contribution in [0.5, 0.6) is 11.5 Å². The zero-order valence-corrected chi connectivity index (χ0v) is 11.3. The van der Waals surface area contributed by atoms with Crippen molar-refractivity contribution in [1.82, 2.24) is 5.32 Å². The van der Waals surface area contributed by atoms with Crippen molar-refractivity contribution >= 4 is 5.91 Å². The second-order valence-corrected chi connectivity index (χ2v) is 4.58. The van der Waals surface area contributed by atoms with Crippen LogP contribution in [-0.4, -0.2) is 35.4 Å². The molecule has 0 radical (unpaired) electrons. The number of rotatable bonds is 7. The summed E-state index contributed by atoms with van der Waals surface area (Å²) in [5.74, 6) is -0.636. The molecular formula is C14H21NO4. The first kappa shape index (κ1) is 15.3. The highest BCUT2D eigenvalue weighted by Gasteiger charge is 2.10. The number of phenolic OH excluding ortho intramolecular Hbond substituents is 2. The van der Waals surface area contributed by atoms with E-state index in [4.69, 9.17) is 9.84 Å². The molecule has 0 saturated heterocycles. The van der Waals surface area contributed by atoms with Crippen LogP contribution in [0.4, 0.5) is 0 Å². The van der Waals surface area contributed by atoms with Crippen molar-refractivity contribution in [3.63, 3.8) is 0 Å². The maximum atomic E-state index is 11.7. The van der Waals surface area contributed by atoms with Gasteiger partial charge < -0.3 is 20.3 Å². The highest BCUT2D eigenvalue weighted by Crippen LogP contribution is 2.22. The molecule has 19 heavy (non-hydrogen) atoms. The fourth-order valence-corrected chi connectivity index (χ4v) is 1.56. The summed E-state index contributed by atoms with van der Waals surface area (Å²) in [7, 11) is 0. The van der Waals surface area contributed by atoms with E-state index in [0.29, 0.717) is 13.2 Å². The quantitative estimate of drug-likeness (QED) is 0.660. The Hall–Kier alpha value is -1.75. The van der Waals surface area contributed by atoms with E-state index in [1.807, 2.05) is 13.8 Å². The molecule has 3 N–H and O–H groups in total. The first-order chi connectivity index (χ1) is 9.00. The zero-order valence-electron chi connectivity index (χ0n) is 11.3. The molecule has 0 atom stereocenters. The Bertz CT molecular complexity index is 418. The van der Waals surface area contributed by atoms with Gasteiger partial charge >= 0.3 is 0 Å². The molecule has 5 nitrogen and oxygen atoms in total. The minimum Gasteiger partial charge on any atom is -0.508 e. The fraction of sp³-hybridized carbons (Fsp3) is 0.500. The summed E-state index contributed by atoms with van der Waals surface area (Å²) in [4.78, 5) is 11.7. The average molecular weight is 267 g/mol. The lowest BCUT2D eigenvalue weighted by Gasteiger charge is -2.08. The van der Waals surface area contributed by atoms with Gasteiger partial charge in [0.05, 0.1) is 11.7 Å². The van der Waals surface area contributed by atoms with Crippen LogP contribution in [0.2, 0.25) is 0 Å². The molecule has 5 heteroatoms. The van der Waals surface area contributed by atoms with Gasteiger partial charge in [0.2, 0.25) is 0 Å². The van der Waals surface area contributed by atoms with Crippen molar-refractivity contribution in [2.45, 2.75) is 32.8 Å². The molecule has 1 amide bonds. The summed E-state index contributed by atoms with van der Waals surface area (Å²) in [5.41, 5.74) is 0.163. The highest BCUT2D eigenvalue weighted by atomic mass is 16.5. The number of ether oxygens (including phenoxy) is 1. The van der Waals surface area contributed by atoms with Gasteiger partial charge in [-0.15, -0.1) is 0 Å². The van der Waals surface area contributed by atoms with Crippen molar-refractivity contribution in [3.8, 4) is 11.5 Å². The Morgan fingerprint density at radius 2 is 2.05 bits per heavy atom. The number of benzene rings is 1. The van der Waals surface area contributed by atoms with Gasteiger partial charge in [0.1, 0.15) is 11.5 Å². The number of hydrogen-bond donors (Lipinski definition) is 3. The number of carbonyl (C=O) groups is 1. The van der Waals surface area contributed by atoms with Gasteiger partial charge in [-0.05, 0) is 38.8 Å². The summed E-state index contributed by atoms with van der Waals surface area (Å²) in [6, 6.07) is 3.90. The topological polar surface area (TPSA) is 78.8 Å². The molecule has 0 spiro atoms. The highest BCUT2D eigenvalue weighted by molar-refractivity contribution is 5.96. The van der Waals surface area contributed by atoms with Gasteiger partial charge in [0.15, 0.2) is 0 Å². The predicted molar refractivity (Wildman–Crippen MR) is 72.4 cm³/mol. The first-order valence-corrected chi connectivity index (χ1v) is 6.42. The monoisotopic (exact) mass is 267 g/mol. The number of phenols is 2. The van der Waals surface area contributed by atoms with Gasteiger partial charge in [-0.25, -0.2) is 0 Å². The van der Waals surface area contributed by atoms with Gasteiger partial charge in [-0.3, -0.25) is 4.79 Å². The van der Waals surface area contributed by atoms with E-state index in [0.717, 1.165) is 18.9 Å². The number of nitrogens with one attached hydrogen (secondary N) is 1. The number of carbonyl (C=O) groups excluding carboxylic acids is 1. The van der Waals surface area contributed by atoms with Crippen LogP contribution >= 0.6 is 0 Å². The molecule has 1 aromatic rings. The number of hydrogen-bond acceptors (Lipinski definition) is 4. The maximum Gasteiger partial charge on any atom is 0.255 e. The lowest BCUT2D eigenvalue weighted by Crippen LogP contribution is -2.24. The molecular weight excluding hydrogens is 246 g/mol. The Labute approximate surface area is 113 Å². The van der Waals surface area contributed by atoms with Crippen LogP contribution in [0.1, 0.15) is 37.0 Å². The second-order valence-electron chi connectivity index (χ2n) is 4.58. The first-order valence-electron chi connectivity index (χ1n) is 6.42. The molecule has 0 saturated carbocycles. The molecule has 1 aromatic carbocycles. The van der Waals surface area contributed by atoms with E-state index in [9.17, 15) is 9.90 Å². The molecule has 0 bridgehead atoms. The lowest BCUT2D eigenvalue weighted by molar-refractivity contribution is 0.0754. The molecule has 0 aliphatic rings. The van der Waals surface area contributed by atoms with Crippen LogP contribution in [0.15, 0.2) is 18.2 Å². The van der Waals surface area contributed by atoms with Crippen molar-refractivity contribution < 1.29 is 19.7 Å². The van der Waals surface area contributed by atoms with Crippen LogP contribution < -0.4 is 5.32 Å². The van der Waals surface area contributed by atoms with Crippen molar-refractivity contribution in [2.24, 2.45) is 0 Å². The molecule has 0 aliphatic carbocycles. The minimum absolute atomic E-state index is 0.0696. The SMILES string of the molecule is CC(C)OCCCCNC(=O)c1ccc(O)cc1O.